The average Bonchev–Trinajstić information content (AvgIpc) is 2.71. The number of nitrogens with zero attached hydrogens (tertiary/aromatic N) is 2. The summed E-state index contributed by atoms with van der Waals surface area (Å²) in [6.45, 7) is 4.17. The number of fused-ring (bicyclic) bond motifs is 1. The second-order valence-corrected chi connectivity index (χ2v) is 6.61. The third kappa shape index (κ3) is 3.34. The lowest BCUT2D eigenvalue weighted by Gasteiger charge is -2.13. The van der Waals surface area contributed by atoms with Gasteiger partial charge in [-0.1, -0.05) is 36.4 Å². The minimum atomic E-state index is 0.761. The normalized spacial score (nSPS) is 10.8. The molecule has 0 aliphatic heterocycles. The Labute approximate surface area is 158 Å². The molecule has 0 aliphatic carbocycles. The molecule has 4 heteroatoms. The smallest absolute Gasteiger partial charge is 0.161 e. The number of rotatable bonds is 4. The van der Waals surface area contributed by atoms with Crippen LogP contribution in [0, 0.1) is 13.8 Å². The molecule has 134 valence electrons. The van der Waals surface area contributed by atoms with E-state index in [0.717, 1.165) is 39.3 Å². The summed E-state index contributed by atoms with van der Waals surface area (Å²) in [5.74, 6) is 1.58. The summed E-state index contributed by atoms with van der Waals surface area (Å²) in [7, 11) is 1.66. The van der Waals surface area contributed by atoms with Gasteiger partial charge >= 0.3 is 0 Å². The van der Waals surface area contributed by atoms with Gasteiger partial charge in [-0.05, 0) is 55.3 Å². The van der Waals surface area contributed by atoms with Gasteiger partial charge in [-0.15, -0.1) is 10.2 Å². The molecule has 0 atom stereocenters. The number of anilines is 2. The number of aromatic nitrogens is 2. The maximum Gasteiger partial charge on any atom is 0.161 e. The molecule has 0 unspecified atom stereocenters. The molecule has 0 amide bonds. The van der Waals surface area contributed by atoms with Gasteiger partial charge in [-0.2, -0.15) is 0 Å². The van der Waals surface area contributed by atoms with E-state index < -0.39 is 0 Å². The van der Waals surface area contributed by atoms with Crippen LogP contribution in [0.3, 0.4) is 0 Å². The van der Waals surface area contributed by atoms with Crippen molar-refractivity contribution in [2.24, 2.45) is 0 Å². The zero-order valence-electron chi connectivity index (χ0n) is 15.7. The topological polar surface area (TPSA) is 47.0 Å². The van der Waals surface area contributed by atoms with E-state index in [2.05, 4.69) is 59.7 Å². The first-order chi connectivity index (χ1) is 13.2. The lowest BCUT2D eigenvalue weighted by molar-refractivity contribution is 0.415. The van der Waals surface area contributed by atoms with Crippen molar-refractivity contribution in [3.63, 3.8) is 0 Å². The number of aryl methyl sites for hydroxylation is 2. The second kappa shape index (κ2) is 7.08. The number of hydrogen-bond acceptors (Lipinski definition) is 4. The molecule has 0 fully saturated rings. The van der Waals surface area contributed by atoms with Crippen LogP contribution < -0.4 is 10.1 Å². The highest BCUT2D eigenvalue weighted by atomic mass is 16.5. The molecule has 3 aromatic carbocycles. The van der Waals surface area contributed by atoms with Gasteiger partial charge < -0.3 is 10.1 Å². The lowest BCUT2D eigenvalue weighted by Crippen LogP contribution is -2.00. The first-order valence-corrected chi connectivity index (χ1v) is 8.90. The van der Waals surface area contributed by atoms with Crippen molar-refractivity contribution in [3.8, 4) is 17.0 Å². The standard InChI is InChI=1S/C23H21N3O/c1-15-8-9-16(2)21(14-15)24-23-20-7-5-4-6-19(20)22(25-26-23)17-10-12-18(27-3)13-11-17/h4-14H,1-3H3,(H,24,26). The quantitative estimate of drug-likeness (QED) is 0.513. The van der Waals surface area contributed by atoms with Gasteiger partial charge in [0.1, 0.15) is 11.4 Å². The SMILES string of the molecule is COc1ccc(-c2nnc(Nc3cc(C)ccc3C)c3ccccc23)cc1. The van der Waals surface area contributed by atoms with E-state index in [4.69, 9.17) is 4.74 Å². The fourth-order valence-electron chi connectivity index (χ4n) is 3.16. The van der Waals surface area contributed by atoms with Gasteiger partial charge in [-0.3, -0.25) is 0 Å². The van der Waals surface area contributed by atoms with Gasteiger partial charge in [0.05, 0.1) is 7.11 Å². The van der Waals surface area contributed by atoms with E-state index in [9.17, 15) is 0 Å². The summed E-state index contributed by atoms with van der Waals surface area (Å²) < 4.78 is 5.25. The molecule has 0 radical (unpaired) electrons. The highest BCUT2D eigenvalue weighted by Gasteiger charge is 2.12. The van der Waals surface area contributed by atoms with Gasteiger partial charge in [0.2, 0.25) is 0 Å². The van der Waals surface area contributed by atoms with Crippen molar-refractivity contribution < 1.29 is 4.74 Å². The summed E-state index contributed by atoms with van der Waals surface area (Å²) in [4.78, 5) is 0. The summed E-state index contributed by atoms with van der Waals surface area (Å²) in [5.41, 5.74) is 5.30. The van der Waals surface area contributed by atoms with Crippen LogP contribution in [0.15, 0.2) is 66.7 Å². The molecule has 4 rings (SSSR count). The third-order valence-electron chi connectivity index (χ3n) is 4.70. The Balaban J connectivity index is 1.81. The van der Waals surface area contributed by atoms with Crippen molar-refractivity contribution in [1.82, 2.24) is 10.2 Å². The highest BCUT2D eigenvalue weighted by molar-refractivity contribution is 6.00. The van der Waals surface area contributed by atoms with Crippen LogP contribution in [0.1, 0.15) is 11.1 Å². The van der Waals surface area contributed by atoms with Crippen molar-refractivity contribution >= 4 is 22.3 Å². The molecule has 0 saturated heterocycles. The van der Waals surface area contributed by atoms with Crippen LogP contribution in [0.2, 0.25) is 0 Å². The van der Waals surface area contributed by atoms with Crippen LogP contribution in [-0.2, 0) is 0 Å². The van der Waals surface area contributed by atoms with Crippen LogP contribution in [0.25, 0.3) is 22.0 Å². The number of methoxy groups -OCH3 is 1. The maximum atomic E-state index is 5.25. The van der Waals surface area contributed by atoms with E-state index in [0.29, 0.717) is 0 Å². The van der Waals surface area contributed by atoms with Crippen LogP contribution in [0.5, 0.6) is 5.75 Å². The van der Waals surface area contributed by atoms with E-state index in [-0.39, 0.29) is 0 Å². The predicted octanol–water partition coefficient (Wildman–Crippen LogP) is 5.67. The second-order valence-electron chi connectivity index (χ2n) is 6.61. The molecular formula is C23H21N3O. The summed E-state index contributed by atoms with van der Waals surface area (Å²) in [6.07, 6.45) is 0. The monoisotopic (exact) mass is 355 g/mol. The molecule has 0 saturated carbocycles. The zero-order valence-corrected chi connectivity index (χ0v) is 15.7. The fraction of sp³-hybridized carbons (Fsp3) is 0.130. The summed E-state index contributed by atoms with van der Waals surface area (Å²) in [6, 6.07) is 22.4. The van der Waals surface area contributed by atoms with Crippen molar-refractivity contribution in [2.75, 3.05) is 12.4 Å². The molecule has 1 aromatic heterocycles. The molecule has 0 aliphatic rings. The molecule has 1 heterocycles. The van der Waals surface area contributed by atoms with Gasteiger partial charge in [0, 0.05) is 22.0 Å². The van der Waals surface area contributed by atoms with E-state index in [1.54, 1.807) is 7.11 Å². The molecule has 4 nitrogen and oxygen atoms in total. The average molecular weight is 355 g/mol. The molecule has 1 N–H and O–H groups in total. The number of ether oxygens (including phenoxy) is 1. The van der Waals surface area contributed by atoms with Crippen molar-refractivity contribution in [2.45, 2.75) is 13.8 Å². The minimum absolute atomic E-state index is 0.761. The fourth-order valence-corrected chi connectivity index (χ4v) is 3.16. The predicted molar refractivity (Wildman–Crippen MR) is 111 cm³/mol. The Morgan fingerprint density at radius 2 is 1.56 bits per heavy atom. The molecular weight excluding hydrogens is 334 g/mol. The van der Waals surface area contributed by atoms with Crippen LogP contribution >= 0.6 is 0 Å². The molecule has 0 bridgehead atoms. The van der Waals surface area contributed by atoms with Crippen LogP contribution in [-0.4, -0.2) is 17.3 Å². The van der Waals surface area contributed by atoms with E-state index in [1.165, 1.54) is 11.1 Å². The van der Waals surface area contributed by atoms with Crippen molar-refractivity contribution in [3.05, 3.63) is 77.9 Å². The van der Waals surface area contributed by atoms with Gasteiger partial charge in [0.25, 0.3) is 0 Å². The van der Waals surface area contributed by atoms with E-state index in [1.807, 2.05) is 36.4 Å². The van der Waals surface area contributed by atoms with Crippen LogP contribution in [0.4, 0.5) is 11.5 Å². The largest absolute Gasteiger partial charge is 0.497 e. The number of nitrogens with one attached hydrogen (secondary N) is 1. The first kappa shape index (κ1) is 17.0. The summed E-state index contributed by atoms with van der Waals surface area (Å²) >= 11 is 0. The Bertz CT molecular complexity index is 1100. The maximum absolute atomic E-state index is 5.25. The molecule has 0 spiro atoms. The van der Waals surface area contributed by atoms with E-state index >= 15 is 0 Å². The first-order valence-electron chi connectivity index (χ1n) is 8.90. The van der Waals surface area contributed by atoms with Gasteiger partial charge in [-0.25, -0.2) is 0 Å². The number of hydrogen-bond donors (Lipinski definition) is 1. The molecule has 27 heavy (non-hydrogen) atoms. The Kier molecular flexibility index (Phi) is 4.47. The summed E-state index contributed by atoms with van der Waals surface area (Å²) in [5, 5.41) is 14.6. The Morgan fingerprint density at radius 1 is 0.815 bits per heavy atom. The highest BCUT2D eigenvalue weighted by Crippen LogP contribution is 2.32. The minimum Gasteiger partial charge on any atom is -0.497 e. The molecule has 4 aromatic rings. The Morgan fingerprint density at radius 3 is 2.30 bits per heavy atom. The van der Waals surface area contributed by atoms with Gasteiger partial charge in [0.15, 0.2) is 5.82 Å². The lowest BCUT2D eigenvalue weighted by atomic mass is 10.0. The zero-order chi connectivity index (χ0) is 18.8. The Hall–Kier alpha value is -3.40. The number of benzene rings is 3. The van der Waals surface area contributed by atoms with Crippen molar-refractivity contribution in [1.29, 1.82) is 0 Å². The third-order valence-corrected chi connectivity index (χ3v) is 4.70.